The van der Waals surface area contributed by atoms with Crippen LogP contribution in [-0.4, -0.2) is 9.55 Å². The van der Waals surface area contributed by atoms with Crippen molar-refractivity contribution in [2.75, 3.05) is 0 Å². The summed E-state index contributed by atoms with van der Waals surface area (Å²) < 4.78 is 2.28. The smallest absolute Gasteiger partial charge is 0.145 e. The number of nitrogens with zero attached hydrogens (tertiary/aromatic N) is 2. The lowest BCUT2D eigenvalue weighted by atomic mass is 9.73. The fraction of sp³-hybridized carbons (Fsp3) is 0.0600. The average molecular weight is 665 g/mol. The molecule has 1 heterocycles. The maximum atomic E-state index is 5.06. The molecule has 0 bridgehead atoms. The summed E-state index contributed by atoms with van der Waals surface area (Å²) in [5.74, 6) is 1.55. The molecule has 0 aliphatic heterocycles. The second-order valence-corrected chi connectivity index (χ2v) is 13.9. The van der Waals surface area contributed by atoms with Gasteiger partial charge >= 0.3 is 0 Å². The zero-order chi connectivity index (χ0) is 34.6. The standard InChI is InChI=1S/C50H36N2/c1-33-40-19-9-8-14-35(40)26-30-41(33)49-43-21-11-10-20-42(43)48(36-15-4-2-5-16-36)45-32-38(27-31-44(45)49)34-24-28-39(29-25-34)52-47-23-13-12-22-46(47)51-50(52)37-17-6-3-7-18-37/h2-33,41H,1H3. The third-order valence-corrected chi connectivity index (χ3v) is 11.0. The molecule has 2 unspecified atom stereocenters. The van der Waals surface area contributed by atoms with Gasteiger partial charge in [0.15, 0.2) is 0 Å². The molecule has 1 aliphatic carbocycles. The fourth-order valence-electron chi connectivity index (χ4n) is 8.53. The Morgan fingerprint density at radius 2 is 1.13 bits per heavy atom. The molecule has 8 aromatic carbocycles. The van der Waals surface area contributed by atoms with Crippen molar-refractivity contribution in [3.8, 4) is 39.3 Å². The Morgan fingerprint density at radius 3 is 1.94 bits per heavy atom. The van der Waals surface area contributed by atoms with E-state index in [9.17, 15) is 0 Å². The predicted molar refractivity (Wildman–Crippen MR) is 219 cm³/mol. The average Bonchev–Trinajstić information content (AvgIpc) is 3.61. The summed E-state index contributed by atoms with van der Waals surface area (Å²) in [4.78, 5) is 5.06. The molecule has 2 nitrogen and oxygen atoms in total. The van der Waals surface area contributed by atoms with Crippen molar-refractivity contribution in [3.05, 3.63) is 199 Å². The van der Waals surface area contributed by atoms with Crippen LogP contribution < -0.4 is 0 Å². The summed E-state index contributed by atoms with van der Waals surface area (Å²) >= 11 is 0. The Labute approximate surface area is 304 Å². The first-order valence-corrected chi connectivity index (χ1v) is 18.2. The van der Waals surface area contributed by atoms with E-state index in [2.05, 4.69) is 200 Å². The van der Waals surface area contributed by atoms with Crippen molar-refractivity contribution in [2.45, 2.75) is 18.8 Å². The van der Waals surface area contributed by atoms with Gasteiger partial charge in [-0.3, -0.25) is 4.57 Å². The minimum absolute atomic E-state index is 0.251. The first-order chi connectivity index (χ1) is 25.7. The first-order valence-electron chi connectivity index (χ1n) is 18.2. The molecule has 9 aromatic rings. The molecule has 0 spiro atoms. The number of fused-ring (bicyclic) bond motifs is 4. The lowest BCUT2D eigenvalue weighted by Crippen LogP contribution is -2.12. The van der Waals surface area contributed by atoms with Crippen molar-refractivity contribution in [1.82, 2.24) is 9.55 Å². The van der Waals surface area contributed by atoms with Gasteiger partial charge in [0, 0.05) is 17.2 Å². The SMILES string of the molecule is CC1c2ccccc2C=CC1c1c2ccccc2c(-c2ccccc2)c2cc(-c3ccc(-n4c(-c5ccccc5)nc5ccccc54)cc3)ccc12. The summed E-state index contributed by atoms with van der Waals surface area (Å²) in [7, 11) is 0. The summed E-state index contributed by atoms with van der Waals surface area (Å²) in [6.45, 7) is 2.39. The molecular formula is C50H36N2. The van der Waals surface area contributed by atoms with Crippen molar-refractivity contribution in [1.29, 1.82) is 0 Å². The van der Waals surface area contributed by atoms with Gasteiger partial charge in [0.05, 0.1) is 11.0 Å². The Balaban J connectivity index is 1.16. The molecule has 10 rings (SSSR count). The monoisotopic (exact) mass is 664 g/mol. The van der Waals surface area contributed by atoms with Crippen molar-refractivity contribution in [3.63, 3.8) is 0 Å². The molecule has 0 saturated heterocycles. The van der Waals surface area contributed by atoms with Crippen LogP contribution >= 0.6 is 0 Å². The van der Waals surface area contributed by atoms with Gasteiger partial charge in [0.2, 0.25) is 0 Å². The van der Waals surface area contributed by atoms with Gasteiger partial charge < -0.3 is 0 Å². The van der Waals surface area contributed by atoms with E-state index >= 15 is 0 Å². The van der Waals surface area contributed by atoms with Crippen molar-refractivity contribution >= 4 is 38.7 Å². The van der Waals surface area contributed by atoms with E-state index in [0.717, 1.165) is 28.1 Å². The normalized spacial score (nSPS) is 15.3. The zero-order valence-electron chi connectivity index (χ0n) is 28.9. The number of hydrogen-bond donors (Lipinski definition) is 0. The molecule has 1 aliphatic rings. The highest BCUT2D eigenvalue weighted by Gasteiger charge is 2.28. The minimum atomic E-state index is 0.251. The Bertz CT molecular complexity index is 2790. The molecule has 0 radical (unpaired) electrons. The summed E-state index contributed by atoms with van der Waals surface area (Å²) in [5.41, 5.74) is 13.3. The van der Waals surface area contributed by atoms with Crippen molar-refractivity contribution in [2.24, 2.45) is 0 Å². The van der Waals surface area contributed by atoms with E-state index < -0.39 is 0 Å². The molecule has 52 heavy (non-hydrogen) atoms. The van der Waals surface area contributed by atoms with Crippen LogP contribution in [0.2, 0.25) is 0 Å². The second kappa shape index (κ2) is 12.4. The molecule has 2 atom stereocenters. The van der Waals surface area contributed by atoms with Crippen LogP contribution in [0.4, 0.5) is 0 Å². The van der Waals surface area contributed by atoms with Crippen LogP contribution in [0.3, 0.4) is 0 Å². The highest BCUT2D eigenvalue weighted by atomic mass is 15.1. The number of rotatable bonds is 5. The van der Waals surface area contributed by atoms with Crippen LogP contribution in [0.5, 0.6) is 0 Å². The van der Waals surface area contributed by atoms with Gasteiger partial charge in [-0.2, -0.15) is 0 Å². The fourth-order valence-corrected chi connectivity index (χ4v) is 8.53. The van der Waals surface area contributed by atoms with Gasteiger partial charge in [0.1, 0.15) is 5.82 Å². The number of hydrogen-bond acceptors (Lipinski definition) is 1. The van der Waals surface area contributed by atoms with Crippen LogP contribution in [0.1, 0.15) is 35.4 Å². The molecule has 0 amide bonds. The number of imidazole rings is 1. The van der Waals surface area contributed by atoms with Gasteiger partial charge in [-0.05, 0) is 96.7 Å². The largest absolute Gasteiger partial charge is 0.292 e. The van der Waals surface area contributed by atoms with Crippen molar-refractivity contribution < 1.29 is 0 Å². The van der Waals surface area contributed by atoms with Crippen LogP contribution in [0, 0.1) is 0 Å². The Morgan fingerprint density at radius 1 is 0.500 bits per heavy atom. The van der Waals surface area contributed by atoms with Gasteiger partial charge in [0.25, 0.3) is 0 Å². The maximum Gasteiger partial charge on any atom is 0.145 e. The van der Waals surface area contributed by atoms with Gasteiger partial charge in [-0.15, -0.1) is 0 Å². The van der Waals surface area contributed by atoms with E-state index in [1.54, 1.807) is 0 Å². The summed E-state index contributed by atoms with van der Waals surface area (Å²) in [6.07, 6.45) is 4.76. The third-order valence-electron chi connectivity index (χ3n) is 11.0. The van der Waals surface area contributed by atoms with E-state index in [1.807, 2.05) is 0 Å². The second-order valence-electron chi connectivity index (χ2n) is 13.9. The Hall–Kier alpha value is -6.51. The summed E-state index contributed by atoms with van der Waals surface area (Å²) in [5, 5.41) is 5.22. The molecule has 0 saturated carbocycles. The van der Waals surface area contributed by atoms with Crippen LogP contribution in [-0.2, 0) is 0 Å². The molecule has 246 valence electrons. The van der Waals surface area contributed by atoms with Crippen LogP contribution in [0.25, 0.3) is 78.0 Å². The first kappa shape index (κ1) is 30.3. The lowest BCUT2D eigenvalue weighted by Gasteiger charge is -2.30. The molecule has 0 N–H and O–H groups in total. The lowest BCUT2D eigenvalue weighted by molar-refractivity contribution is 0.677. The minimum Gasteiger partial charge on any atom is -0.292 e. The van der Waals surface area contributed by atoms with Gasteiger partial charge in [-0.1, -0.05) is 165 Å². The van der Waals surface area contributed by atoms with Gasteiger partial charge in [-0.25, -0.2) is 4.98 Å². The molecular weight excluding hydrogens is 629 g/mol. The molecule has 1 aromatic heterocycles. The van der Waals surface area contributed by atoms with Crippen LogP contribution in [0.15, 0.2) is 182 Å². The maximum absolute atomic E-state index is 5.06. The number of allylic oxidation sites excluding steroid dienone is 1. The van der Waals surface area contributed by atoms with E-state index in [0.29, 0.717) is 5.92 Å². The van der Waals surface area contributed by atoms with E-state index in [1.165, 1.54) is 60.5 Å². The molecule has 0 fully saturated rings. The number of para-hydroxylation sites is 2. The number of aromatic nitrogens is 2. The Kier molecular flexibility index (Phi) is 7.21. The molecule has 2 heteroatoms. The highest BCUT2D eigenvalue weighted by molar-refractivity contribution is 6.16. The number of benzene rings is 8. The van der Waals surface area contributed by atoms with E-state index in [4.69, 9.17) is 4.98 Å². The quantitative estimate of drug-likeness (QED) is 0.167. The summed E-state index contributed by atoms with van der Waals surface area (Å²) in [6, 6.07) is 63.7. The topological polar surface area (TPSA) is 17.8 Å². The van der Waals surface area contributed by atoms with E-state index in [-0.39, 0.29) is 5.92 Å². The zero-order valence-corrected chi connectivity index (χ0v) is 28.9. The third kappa shape index (κ3) is 4.91. The predicted octanol–water partition coefficient (Wildman–Crippen LogP) is 13.2. The highest BCUT2D eigenvalue weighted by Crippen LogP contribution is 2.48.